The van der Waals surface area contributed by atoms with Gasteiger partial charge in [-0.15, -0.1) is 0 Å². The van der Waals surface area contributed by atoms with Crippen molar-refractivity contribution in [1.82, 2.24) is 0 Å². The Hall–Kier alpha value is -1.10. The van der Waals surface area contributed by atoms with Gasteiger partial charge >= 0.3 is 0 Å². The van der Waals surface area contributed by atoms with E-state index in [0.717, 1.165) is 33.7 Å². The summed E-state index contributed by atoms with van der Waals surface area (Å²) in [6, 6.07) is 7.37. The van der Waals surface area contributed by atoms with Gasteiger partial charge in [-0.05, 0) is 24.3 Å². The molecule has 0 aliphatic rings. The van der Waals surface area contributed by atoms with Gasteiger partial charge in [0, 0.05) is 0 Å². The third-order valence-electron chi connectivity index (χ3n) is 1.13. The number of rotatable bonds is 2. The fourth-order valence-electron chi connectivity index (χ4n) is 0.667. The lowest BCUT2D eigenvalue weighted by Gasteiger charge is -1.88. The molecule has 1 aromatic carbocycles. The van der Waals surface area contributed by atoms with Gasteiger partial charge in [0.2, 0.25) is 0 Å². The van der Waals surface area contributed by atoms with E-state index < -0.39 is 0 Å². The largest absolute Gasteiger partial charge is 0.294 e. The Morgan fingerprint density at radius 1 is 0.833 bits per heavy atom. The van der Waals surface area contributed by atoms with Crippen molar-refractivity contribution in [3.8, 4) is 0 Å². The van der Waals surface area contributed by atoms with E-state index in [1.807, 2.05) is 24.3 Å². The topological polar surface area (TPSA) is 8.72 Å². The van der Waals surface area contributed by atoms with Crippen LogP contribution in [-0.4, -0.2) is 0 Å². The highest BCUT2D eigenvalue weighted by Crippen LogP contribution is 2.24. The first-order chi connectivity index (χ1) is 5.86. The lowest BCUT2D eigenvalue weighted by molar-refractivity contribution is 1.36. The van der Waals surface area contributed by atoms with Gasteiger partial charge in [0.15, 0.2) is 0 Å². The molecule has 0 saturated carbocycles. The smallest absolute Gasteiger partial charge is 0.223 e. The van der Waals surface area contributed by atoms with E-state index in [1.54, 1.807) is 0 Å². The molecule has 58 valence electrons. The summed E-state index contributed by atoms with van der Waals surface area (Å²) in [6.45, 7) is 13.2. The van der Waals surface area contributed by atoms with E-state index in [-0.39, 0.29) is 0 Å². The van der Waals surface area contributed by atoms with Gasteiger partial charge in [-0.25, -0.2) is 21.6 Å². The summed E-state index contributed by atoms with van der Waals surface area (Å²) in [7, 11) is 0. The van der Waals surface area contributed by atoms with Crippen molar-refractivity contribution in [3.05, 3.63) is 45.9 Å². The quantitative estimate of drug-likeness (QED) is 0.523. The minimum atomic E-state index is 0.916. The second-order valence-corrected chi connectivity index (χ2v) is 3.51. The van der Waals surface area contributed by atoms with Crippen molar-refractivity contribution in [2.24, 2.45) is 0 Å². The van der Waals surface area contributed by atoms with Crippen molar-refractivity contribution in [1.29, 1.82) is 0 Å². The summed E-state index contributed by atoms with van der Waals surface area (Å²) in [4.78, 5) is 1.83. The van der Waals surface area contributed by atoms with Gasteiger partial charge in [-0.2, -0.15) is 0 Å². The first-order valence-corrected chi connectivity index (χ1v) is 4.59. The Morgan fingerprint density at radius 3 is 1.42 bits per heavy atom. The monoisotopic (exact) mass is 192 g/mol. The number of hydrogen-bond acceptors (Lipinski definition) is 2. The molecule has 0 bridgehead atoms. The van der Waals surface area contributed by atoms with Crippen LogP contribution in [0.5, 0.6) is 0 Å². The molecule has 4 heteroatoms. The number of benzene rings is 1. The summed E-state index contributed by atoms with van der Waals surface area (Å²) in [5.74, 6) is 0. The van der Waals surface area contributed by atoms with Gasteiger partial charge in [0.05, 0.1) is 9.79 Å². The fourth-order valence-corrected chi connectivity index (χ4v) is 1.39. The van der Waals surface area contributed by atoms with E-state index in [0.29, 0.717) is 0 Å². The average Bonchev–Trinajstić information content (AvgIpc) is 2.09. The standard InChI is InChI=1S/C8H4N2S2/c1-9-11-7-3-5-8(6-4-7)12-10-2/h3-6H. The summed E-state index contributed by atoms with van der Waals surface area (Å²) >= 11 is 2.21. The van der Waals surface area contributed by atoms with Crippen molar-refractivity contribution in [3.63, 3.8) is 0 Å². The van der Waals surface area contributed by atoms with Crippen LogP contribution in [0.1, 0.15) is 0 Å². The molecule has 0 saturated heterocycles. The van der Waals surface area contributed by atoms with Crippen LogP contribution in [-0.2, 0) is 0 Å². The van der Waals surface area contributed by atoms with Gasteiger partial charge < -0.3 is 0 Å². The number of hydrogen-bond donors (Lipinski definition) is 0. The summed E-state index contributed by atoms with van der Waals surface area (Å²) in [6.07, 6.45) is 0. The zero-order chi connectivity index (χ0) is 8.81. The molecule has 12 heavy (non-hydrogen) atoms. The molecule has 0 amide bonds. The second-order valence-electron chi connectivity index (χ2n) is 1.84. The maximum atomic E-state index is 6.61. The summed E-state index contributed by atoms with van der Waals surface area (Å²) in [5.41, 5.74) is 0. The Balaban J connectivity index is 2.74. The molecule has 1 aromatic rings. The van der Waals surface area contributed by atoms with E-state index in [1.165, 1.54) is 0 Å². The molecule has 0 heterocycles. The Kier molecular flexibility index (Phi) is 3.53. The molecule has 0 aliphatic heterocycles. The molecule has 0 aromatic heterocycles. The molecule has 0 spiro atoms. The Morgan fingerprint density at radius 2 is 1.17 bits per heavy atom. The maximum absolute atomic E-state index is 6.61. The van der Waals surface area contributed by atoms with E-state index in [9.17, 15) is 0 Å². The minimum Gasteiger partial charge on any atom is -0.223 e. The molecule has 1 rings (SSSR count). The lowest BCUT2D eigenvalue weighted by Crippen LogP contribution is -1.68. The lowest BCUT2D eigenvalue weighted by atomic mass is 10.4. The Labute approximate surface area is 79.9 Å². The third kappa shape index (κ3) is 2.50. The highest BCUT2D eigenvalue weighted by Gasteiger charge is 2.01. The van der Waals surface area contributed by atoms with Gasteiger partial charge in [0.25, 0.3) is 23.9 Å². The van der Waals surface area contributed by atoms with Gasteiger partial charge in [0.1, 0.15) is 0 Å². The first-order valence-electron chi connectivity index (χ1n) is 3.04. The van der Waals surface area contributed by atoms with Crippen LogP contribution < -0.4 is 0 Å². The zero-order valence-electron chi connectivity index (χ0n) is 6.02. The average molecular weight is 192 g/mol. The molecule has 2 nitrogen and oxygen atoms in total. The molecular weight excluding hydrogens is 188 g/mol. The van der Waals surface area contributed by atoms with Crippen molar-refractivity contribution >= 4 is 23.9 Å². The van der Waals surface area contributed by atoms with Crippen LogP contribution in [0.4, 0.5) is 0 Å². The molecular formula is C8H4N2S2. The van der Waals surface area contributed by atoms with E-state index in [2.05, 4.69) is 8.50 Å². The van der Waals surface area contributed by atoms with Crippen molar-refractivity contribution in [2.75, 3.05) is 0 Å². The molecule has 0 atom stereocenters. The van der Waals surface area contributed by atoms with Gasteiger partial charge in [-0.3, -0.25) is 0 Å². The fraction of sp³-hybridized carbons (Fsp3) is 0. The second kappa shape index (κ2) is 4.71. The van der Waals surface area contributed by atoms with E-state index in [4.69, 9.17) is 13.1 Å². The predicted molar refractivity (Wildman–Crippen MR) is 51.4 cm³/mol. The van der Waals surface area contributed by atoms with Crippen molar-refractivity contribution in [2.45, 2.75) is 9.79 Å². The summed E-state index contributed by atoms with van der Waals surface area (Å²) < 4.78 is 6.36. The highest BCUT2D eigenvalue weighted by atomic mass is 32.2. The van der Waals surface area contributed by atoms with Gasteiger partial charge in [-0.1, -0.05) is 0 Å². The molecule has 0 radical (unpaired) electrons. The number of nitrogens with zero attached hydrogens (tertiary/aromatic N) is 2. The van der Waals surface area contributed by atoms with Crippen LogP contribution in [0.2, 0.25) is 0 Å². The molecule has 0 fully saturated rings. The van der Waals surface area contributed by atoms with Crippen molar-refractivity contribution < 1.29 is 0 Å². The SMILES string of the molecule is [C-]#[N+]Sc1ccc(S[N+]#[C-])cc1. The highest BCUT2D eigenvalue weighted by molar-refractivity contribution is 8.01. The predicted octanol–water partition coefficient (Wildman–Crippen LogP) is 3.54. The summed E-state index contributed by atoms with van der Waals surface area (Å²) in [5, 5.41) is 0. The van der Waals surface area contributed by atoms with Crippen LogP contribution >= 0.6 is 23.9 Å². The molecule has 0 unspecified atom stereocenters. The van der Waals surface area contributed by atoms with Crippen LogP contribution in [0, 0.1) is 13.1 Å². The maximum Gasteiger partial charge on any atom is 0.294 e. The van der Waals surface area contributed by atoms with Crippen LogP contribution in [0.3, 0.4) is 0 Å². The Bertz CT molecular complexity index is 297. The minimum absolute atomic E-state index is 0.916. The van der Waals surface area contributed by atoms with E-state index >= 15 is 0 Å². The third-order valence-corrected chi connectivity index (χ3v) is 2.27. The first kappa shape index (κ1) is 8.99. The van der Waals surface area contributed by atoms with Crippen LogP contribution in [0.25, 0.3) is 8.50 Å². The zero-order valence-corrected chi connectivity index (χ0v) is 7.65. The molecule has 0 aliphatic carbocycles. The molecule has 0 N–H and O–H groups in total. The normalized spacial score (nSPS) is 8.50. The van der Waals surface area contributed by atoms with Crippen LogP contribution in [0.15, 0.2) is 34.1 Å².